The SMILES string of the molecule is N=C(NCNNCC1CCCC(CNNCNC(=N)N2CCCCC2)C1)N1CCCCC1.O=CO.O=CO. The maximum atomic E-state index is 8.36. The molecule has 2 heterocycles. The van der Waals surface area contributed by atoms with Crippen LogP contribution in [0.25, 0.3) is 0 Å². The van der Waals surface area contributed by atoms with Gasteiger partial charge in [-0.15, -0.1) is 0 Å². The van der Waals surface area contributed by atoms with Crippen LogP contribution < -0.4 is 32.3 Å². The van der Waals surface area contributed by atoms with Gasteiger partial charge in [-0.1, -0.05) is 6.42 Å². The number of hydrogen-bond donors (Lipinski definition) is 10. The van der Waals surface area contributed by atoms with Gasteiger partial charge < -0.3 is 30.6 Å². The second-order valence-corrected chi connectivity index (χ2v) is 9.72. The fourth-order valence-electron chi connectivity index (χ4n) is 5.05. The maximum absolute atomic E-state index is 8.36. The second-order valence-electron chi connectivity index (χ2n) is 9.72. The molecule has 0 aromatic carbocycles. The Bertz CT molecular complexity index is 594. The van der Waals surface area contributed by atoms with Crippen molar-refractivity contribution in [2.75, 3.05) is 52.6 Å². The first-order valence-corrected chi connectivity index (χ1v) is 13.8. The van der Waals surface area contributed by atoms with Crippen LogP contribution in [0.5, 0.6) is 0 Å². The molecule has 1 saturated carbocycles. The topological polar surface area (TPSA) is 201 Å². The van der Waals surface area contributed by atoms with Gasteiger partial charge in [0.25, 0.3) is 12.9 Å². The summed E-state index contributed by atoms with van der Waals surface area (Å²) >= 11 is 0. The quantitative estimate of drug-likeness (QED) is 0.0453. The number of likely N-dealkylation sites (tertiary alicyclic amines) is 2. The largest absolute Gasteiger partial charge is 0.483 e. The van der Waals surface area contributed by atoms with Crippen molar-refractivity contribution >= 4 is 24.9 Å². The minimum absolute atomic E-state index is 0.250. The van der Waals surface area contributed by atoms with Gasteiger partial charge in [-0.3, -0.25) is 31.3 Å². The number of carboxylic acid groups (broad SMARTS) is 2. The molecule has 0 aromatic rings. The van der Waals surface area contributed by atoms with Gasteiger partial charge in [0.15, 0.2) is 11.9 Å². The van der Waals surface area contributed by atoms with Gasteiger partial charge >= 0.3 is 0 Å². The van der Waals surface area contributed by atoms with Crippen LogP contribution in [0.2, 0.25) is 0 Å². The third-order valence-electron chi connectivity index (χ3n) is 6.96. The molecule has 38 heavy (non-hydrogen) atoms. The van der Waals surface area contributed by atoms with Crippen LogP contribution in [0, 0.1) is 22.7 Å². The number of nitrogens with one attached hydrogen (secondary N) is 8. The van der Waals surface area contributed by atoms with Crippen molar-refractivity contribution in [3.63, 3.8) is 0 Å². The third-order valence-corrected chi connectivity index (χ3v) is 6.96. The van der Waals surface area contributed by atoms with Crippen molar-refractivity contribution < 1.29 is 19.8 Å². The molecule has 3 rings (SSSR count). The summed E-state index contributed by atoms with van der Waals surface area (Å²) in [5.74, 6) is 2.46. The molecular weight excluding hydrogens is 492 g/mol. The fourth-order valence-corrected chi connectivity index (χ4v) is 5.05. The highest BCUT2D eigenvalue weighted by Gasteiger charge is 2.21. The number of nitrogens with zero attached hydrogens (tertiary/aromatic N) is 2. The van der Waals surface area contributed by atoms with E-state index in [0.29, 0.717) is 37.1 Å². The molecule has 1 aliphatic carbocycles. The van der Waals surface area contributed by atoms with Crippen molar-refractivity contribution in [3.05, 3.63) is 0 Å². The summed E-state index contributed by atoms with van der Waals surface area (Å²) in [6, 6.07) is 0. The lowest BCUT2D eigenvalue weighted by atomic mass is 9.81. The van der Waals surface area contributed by atoms with Crippen LogP contribution in [-0.2, 0) is 9.59 Å². The highest BCUT2D eigenvalue weighted by atomic mass is 16.3. The molecule has 10 N–H and O–H groups in total. The van der Waals surface area contributed by atoms with Gasteiger partial charge in [-0.05, 0) is 69.6 Å². The van der Waals surface area contributed by atoms with Crippen LogP contribution in [0.1, 0.15) is 64.2 Å². The van der Waals surface area contributed by atoms with E-state index >= 15 is 0 Å². The maximum Gasteiger partial charge on any atom is 0.290 e. The van der Waals surface area contributed by atoms with Gasteiger partial charge in [-0.2, -0.15) is 0 Å². The van der Waals surface area contributed by atoms with Crippen LogP contribution in [0.15, 0.2) is 0 Å². The Morgan fingerprint density at radius 1 is 0.658 bits per heavy atom. The molecule has 0 radical (unpaired) electrons. The van der Waals surface area contributed by atoms with E-state index in [0.717, 1.165) is 39.3 Å². The summed E-state index contributed by atoms with van der Waals surface area (Å²) in [6.07, 6.45) is 12.4. The highest BCUT2D eigenvalue weighted by Crippen LogP contribution is 2.27. The molecule has 2 saturated heterocycles. The van der Waals surface area contributed by atoms with E-state index in [1.807, 2.05) is 0 Å². The third kappa shape index (κ3) is 15.5. The molecule has 3 fully saturated rings. The molecule has 0 spiro atoms. The Hall–Kier alpha value is -2.68. The lowest BCUT2D eigenvalue weighted by molar-refractivity contribution is -0.123. The van der Waals surface area contributed by atoms with Gasteiger partial charge in [0, 0.05) is 39.3 Å². The number of carbonyl (C=O) groups is 2. The summed E-state index contributed by atoms with van der Waals surface area (Å²) in [6.45, 7) is 6.61. The fraction of sp³-hybridized carbons (Fsp3) is 0.833. The summed E-state index contributed by atoms with van der Waals surface area (Å²) in [7, 11) is 0. The van der Waals surface area contributed by atoms with E-state index in [4.69, 9.17) is 30.6 Å². The zero-order valence-corrected chi connectivity index (χ0v) is 22.6. The number of hydrazine groups is 2. The molecule has 3 aliphatic rings. The lowest BCUT2D eigenvalue weighted by Crippen LogP contribution is -2.50. The summed E-state index contributed by atoms with van der Waals surface area (Å²) in [5.41, 5.74) is 13.2. The summed E-state index contributed by atoms with van der Waals surface area (Å²) in [5, 5.41) is 36.4. The monoisotopic (exact) mass is 542 g/mol. The lowest BCUT2D eigenvalue weighted by Gasteiger charge is -2.31. The first-order chi connectivity index (χ1) is 18.5. The predicted molar refractivity (Wildman–Crippen MR) is 147 cm³/mol. The average Bonchev–Trinajstić information content (AvgIpc) is 2.94. The first kappa shape index (κ1) is 33.3. The highest BCUT2D eigenvalue weighted by molar-refractivity contribution is 5.77. The second kappa shape index (κ2) is 22.3. The van der Waals surface area contributed by atoms with E-state index in [9.17, 15) is 0 Å². The Kier molecular flexibility index (Phi) is 19.6. The molecule has 14 heteroatoms. The zero-order chi connectivity index (χ0) is 27.8. The number of hydrogen-bond acceptors (Lipinski definition) is 8. The van der Waals surface area contributed by atoms with Crippen molar-refractivity contribution in [2.45, 2.75) is 64.2 Å². The van der Waals surface area contributed by atoms with Gasteiger partial charge in [0.05, 0.1) is 13.3 Å². The Morgan fingerprint density at radius 2 is 1.03 bits per heavy atom. The van der Waals surface area contributed by atoms with Crippen LogP contribution in [-0.4, -0.2) is 97.5 Å². The van der Waals surface area contributed by atoms with Gasteiger partial charge in [-0.25, -0.2) is 10.9 Å². The Morgan fingerprint density at radius 3 is 1.39 bits per heavy atom. The van der Waals surface area contributed by atoms with Crippen molar-refractivity contribution in [1.29, 1.82) is 10.8 Å². The summed E-state index contributed by atoms with van der Waals surface area (Å²) in [4.78, 5) is 21.0. The van der Waals surface area contributed by atoms with Crippen LogP contribution >= 0.6 is 0 Å². The molecule has 14 nitrogen and oxygen atoms in total. The van der Waals surface area contributed by atoms with Crippen molar-refractivity contribution in [3.8, 4) is 0 Å². The number of guanidine groups is 2. The molecule has 0 amide bonds. The molecule has 2 aliphatic heterocycles. The van der Waals surface area contributed by atoms with E-state index in [1.165, 1.54) is 64.2 Å². The minimum atomic E-state index is -0.250. The molecular formula is C24H50N10O4. The van der Waals surface area contributed by atoms with Gasteiger partial charge in [0.1, 0.15) is 0 Å². The Labute approximate surface area is 226 Å². The van der Waals surface area contributed by atoms with Crippen LogP contribution in [0.3, 0.4) is 0 Å². The van der Waals surface area contributed by atoms with Crippen molar-refractivity contribution in [1.82, 2.24) is 42.1 Å². The smallest absolute Gasteiger partial charge is 0.290 e. The summed E-state index contributed by atoms with van der Waals surface area (Å²) < 4.78 is 0. The molecule has 2 atom stereocenters. The Balaban J connectivity index is 0.00000110. The zero-order valence-electron chi connectivity index (χ0n) is 22.6. The van der Waals surface area contributed by atoms with E-state index in [2.05, 4.69) is 42.1 Å². The minimum Gasteiger partial charge on any atom is -0.483 e. The van der Waals surface area contributed by atoms with Gasteiger partial charge in [0.2, 0.25) is 0 Å². The standard InChI is InChI=1S/C22H46N10.2CH2O2/c23-21(31-10-3-1-4-11-31)25-17-29-27-15-19-8-7-9-20(14-19)16-28-30-18-26-22(24)32-12-5-2-6-13-32;2*2-1-3/h19-20,27-30H,1-18H2,(H2,23,25)(H2,24,26);2*1H,(H,2,3). The van der Waals surface area contributed by atoms with Crippen molar-refractivity contribution in [2.24, 2.45) is 11.8 Å². The van der Waals surface area contributed by atoms with E-state index < -0.39 is 0 Å². The normalized spacial score (nSPS) is 21.1. The van der Waals surface area contributed by atoms with E-state index in [1.54, 1.807) is 0 Å². The number of rotatable bonds is 10. The first-order valence-electron chi connectivity index (χ1n) is 13.8. The van der Waals surface area contributed by atoms with Crippen LogP contribution in [0.4, 0.5) is 0 Å². The molecule has 0 bridgehead atoms. The number of piperidine rings is 2. The average molecular weight is 543 g/mol. The van der Waals surface area contributed by atoms with E-state index in [-0.39, 0.29) is 12.9 Å². The molecule has 220 valence electrons. The molecule has 2 unspecified atom stereocenters. The predicted octanol–water partition coefficient (Wildman–Crippen LogP) is 0.318. The molecule has 0 aromatic heterocycles.